The normalized spacial score (nSPS) is 11.7. The van der Waals surface area contributed by atoms with E-state index in [9.17, 15) is 23.2 Å². The molecule has 0 saturated heterocycles. The molecule has 0 aliphatic heterocycles. The van der Waals surface area contributed by atoms with Gasteiger partial charge in [0.1, 0.15) is 11.4 Å². The maximum Gasteiger partial charge on any atom is 0.274 e. The minimum Gasteiger partial charge on any atom is -0.493 e. The molecule has 9 nitrogen and oxygen atoms in total. The number of nitrogens with one attached hydrogen (secondary N) is 4. The second kappa shape index (κ2) is 15.6. The van der Waals surface area contributed by atoms with Crippen LogP contribution in [-0.4, -0.2) is 65.0 Å². The molecule has 0 aromatic heterocycles. The Labute approximate surface area is 231 Å². The topological polar surface area (TPSA) is 118 Å². The number of hydrogen-bond acceptors (Lipinski definition) is 6. The lowest BCUT2D eigenvalue weighted by Gasteiger charge is -2.28. The van der Waals surface area contributed by atoms with Gasteiger partial charge in [0.25, 0.3) is 11.8 Å². The molecule has 2 rings (SSSR count). The van der Waals surface area contributed by atoms with Crippen LogP contribution in [0.2, 0.25) is 5.02 Å². The van der Waals surface area contributed by atoms with Crippen molar-refractivity contribution in [1.29, 1.82) is 0 Å². The van der Waals surface area contributed by atoms with E-state index in [0.29, 0.717) is 5.69 Å². The number of ether oxygens (including phenoxy) is 2. The first-order valence-electron chi connectivity index (χ1n) is 12.1. The molecule has 2 aromatic rings. The summed E-state index contributed by atoms with van der Waals surface area (Å²) >= 11 is 6.00. The van der Waals surface area contributed by atoms with Gasteiger partial charge in [0.2, 0.25) is 5.91 Å². The van der Waals surface area contributed by atoms with Gasteiger partial charge in [0.15, 0.2) is 0 Å². The fourth-order valence-electron chi connectivity index (χ4n) is 3.53. The third kappa shape index (κ3) is 9.22. The molecule has 212 valence electrons. The molecule has 0 atom stereocenters. The number of anilines is 1. The predicted octanol–water partition coefficient (Wildman–Crippen LogP) is 3.62. The van der Waals surface area contributed by atoms with E-state index in [1.54, 1.807) is 43.3 Å². The fourth-order valence-corrected chi connectivity index (χ4v) is 3.71. The SMILES string of the molecule is CCOc1ccc(Cl)cc1C(=O)NCC(CF)(CF)CC(=O)N/C(C(=O)Nc1ccccc1)=C(\COC)NC. The number of halogens is 3. The summed E-state index contributed by atoms with van der Waals surface area (Å²) < 4.78 is 38.9. The average Bonchev–Trinajstić information content (AvgIpc) is 2.94. The van der Waals surface area contributed by atoms with Crippen molar-refractivity contribution in [2.45, 2.75) is 13.3 Å². The number of alkyl halides is 2. The van der Waals surface area contributed by atoms with Crippen molar-refractivity contribution < 1.29 is 32.6 Å². The highest BCUT2D eigenvalue weighted by atomic mass is 35.5. The first-order chi connectivity index (χ1) is 18.7. The number of amides is 3. The van der Waals surface area contributed by atoms with Crippen LogP contribution < -0.4 is 26.0 Å². The summed E-state index contributed by atoms with van der Waals surface area (Å²) in [5.41, 5.74) is -1.26. The summed E-state index contributed by atoms with van der Waals surface area (Å²) in [5.74, 6) is -1.92. The number of carbonyl (C=O) groups is 3. The van der Waals surface area contributed by atoms with E-state index < -0.39 is 49.5 Å². The Balaban J connectivity index is 2.21. The van der Waals surface area contributed by atoms with E-state index in [1.807, 2.05) is 0 Å². The number of carbonyl (C=O) groups excluding carboxylic acids is 3. The fraction of sp³-hybridized carbons (Fsp3) is 0.370. The lowest BCUT2D eigenvalue weighted by atomic mass is 9.86. The average molecular weight is 567 g/mol. The zero-order valence-electron chi connectivity index (χ0n) is 22.0. The zero-order chi connectivity index (χ0) is 28.8. The minimum absolute atomic E-state index is 0.0520. The van der Waals surface area contributed by atoms with Crippen LogP contribution in [0.4, 0.5) is 14.5 Å². The predicted molar refractivity (Wildman–Crippen MR) is 145 cm³/mol. The summed E-state index contributed by atoms with van der Waals surface area (Å²) in [5, 5.41) is 10.7. The smallest absolute Gasteiger partial charge is 0.274 e. The van der Waals surface area contributed by atoms with E-state index in [0.717, 1.165) is 0 Å². The van der Waals surface area contributed by atoms with Gasteiger partial charge >= 0.3 is 0 Å². The second-order valence-electron chi connectivity index (χ2n) is 8.61. The van der Waals surface area contributed by atoms with Crippen molar-refractivity contribution in [3.05, 3.63) is 70.5 Å². The molecule has 0 heterocycles. The van der Waals surface area contributed by atoms with Gasteiger partial charge in [-0.2, -0.15) is 0 Å². The summed E-state index contributed by atoms with van der Waals surface area (Å²) in [4.78, 5) is 38.8. The second-order valence-corrected chi connectivity index (χ2v) is 9.04. The van der Waals surface area contributed by atoms with Crippen LogP contribution in [0, 0.1) is 5.41 Å². The van der Waals surface area contributed by atoms with Gasteiger partial charge in [-0.15, -0.1) is 0 Å². The molecule has 0 aliphatic carbocycles. The molecular formula is C27H33ClF2N4O5. The maximum atomic E-state index is 14.2. The lowest BCUT2D eigenvalue weighted by molar-refractivity contribution is -0.125. The van der Waals surface area contributed by atoms with Crippen LogP contribution in [0.5, 0.6) is 5.75 Å². The number of benzene rings is 2. The zero-order valence-corrected chi connectivity index (χ0v) is 22.8. The van der Waals surface area contributed by atoms with E-state index in [2.05, 4.69) is 21.3 Å². The van der Waals surface area contributed by atoms with E-state index in [4.69, 9.17) is 21.1 Å². The molecule has 12 heteroatoms. The van der Waals surface area contributed by atoms with Gasteiger partial charge in [0.05, 0.1) is 43.2 Å². The first kappa shape index (κ1) is 31.5. The lowest BCUT2D eigenvalue weighted by Crippen LogP contribution is -2.45. The van der Waals surface area contributed by atoms with Gasteiger partial charge in [-0.25, -0.2) is 0 Å². The quantitative estimate of drug-likeness (QED) is 0.245. The van der Waals surface area contributed by atoms with Gasteiger partial charge in [-0.3, -0.25) is 23.2 Å². The van der Waals surface area contributed by atoms with E-state index in [1.165, 1.54) is 26.3 Å². The number of methoxy groups -OCH3 is 1. The van der Waals surface area contributed by atoms with Crippen molar-refractivity contribution in [3.8, 4) is 5.75 Å². The van der Waals surface area contributed by atoms with Gasteiger partial charge in [0, 0.05) is 37.8 Å². The van der Waals surface area contributed by atoms with Crippen molar-refractivity contribution >= 4 is 35.0 Å². The van der Waals surface area contributed by atoms with Crippen molar-refractivity contribution in [1.82, 2.24) is 16.0 Å². The number of rotatable bonds is 15. The molecule has 0 bridgehead atoms. The molecule has 0 unspecified atom stereocenters. The molecule has 2 aromatic carbocycles. The van der Waals surface area contributed by atoms with Gasteiger partial charge < -0.3 is 30.7 Å². The van der Waals surface area contributed by atoms with Crippen LogP contribution in [0.15, 0.2) is 59.9 Å². The molecular weight excluding hydrogens is 534 g/mol. The van der Waals surface area contributed by atoms with Crippen LogP contribution in [0.3, 0.4) is 0 Å². The number of likely N-dealkylation sites (N-methyl/N-ethyl adjacent to an activating group) is 1. The van der Waals surface area contributed by atoms with Gasteiger partial charge in [-0.1, -0.05) is 29.8 Å². The number of hydrogen-bond donors (Lipinski definition) is 4. The molecule has 4 N–H and O–H groups in total. The van der Waals surface area contributed by atoms with Crippen LogP contribution in [0.25, 0.3) is 0 Å². The van der Waals surface area contributed by atoms with Crippen molar-refractivity contribution in [2.75, 3.05) is 52.6 Å². The Hall–Kier alpha value is -3.70. The number of para-hydroxylation sites is 1. The first-order valence-corrected chi connectivity index (χ1v) is 12.5. The van der Waals surface area contributed by atoms with Crippen molar-refractivity contribution in [2.24, 2.45) is 5.41 Å². The van der Waals surface area contributed by atoms with E-state index in [-0.39, 0.29) is 40.9 Å². The largest absolute Gasteiger partial charge is 0.493 e. The molecule has 39 heavy (non-hydrogen) atoms. The van der Waals surface area contributed by atoms with Crippen LogP contribution in [-0.2, 0) is 14.3 Å². The highest BCUT2D eigenvalue weighted by Crippen LogP contribution is 2.26. The van der Waals surface area contributed by atoms with Crippen molar-refractivity contribution in [3.63, 3.8) is 0 Å². The Morgan fingerprint density at radius 3 is 2.33 bits per heavy atom. The summed E-state index contributed by atoms with van der Waals surface area (Å²) in [7, 11) is 2.94. The summed E-state index contributed by atoms with van der Waals surface area (Å²) in [6, 6.07) is 13.0. The summed E-state index contributed by atoms with van der Waals surface area (Å²) in [6.45, 7) is -1.04. The highest BCUT2D eigenvalue weighted by molar-refractivity contribution is 6.31. The molecule has 0 radical (unpaired) electrons. The third-order valence-corrected chi connectivity index (χ3v) is 5.86. The highest BCUT2D eigenvalue weighted by Gasteiger charge is 2.35. The molecule has 0 aliphatic rings. The summed E-state index contributed by atoms with van der Waals surface area (Å²) in [6.07, 6.45) is -0.666. The molecule has 0 spiro atoms. The molecule has 0 fully saturated rings. The minimum atomic E-state index is -1.88. The van der Waals surface area contributed by atoms with Crippen LogP contribution >= 0.6 is 11.6 Å². The third-order valence-electron chi connectivity index (χ3n) is 5.63. The van der Waals surface area contributed by atoms with Crippen LogP contribution in [0.1, 0.15) is 23.7 Å². The molecule has 0 saturated carbocycles. The Morgan fingerprint density at radius 1 is 1.05 bits per heavy atom. The maximum absolute atomic E-state index is 14.2. The monoisotopic (exact) mass is 566 g/mol. The van der Waals surface area contributed by atoms with Gasteiger partial charge in [-0.05, 0) is 37.3 Å². The van der Waals surface area contributed by atoms with E-state index >= 15 is 0 Å². The Kier molecular flexibility index (Phi) is 12.6. The Morgan fingerprint density at radius 2 is 1.74 bits per heavy atom. The Bertz CT molecular complexity index is 1160. The molecule has 3 amide bonds. The standard InChI is InChI=1S/C27H33ClF2N4O5/c1-4-39-22-11-10-18(28)12-20(22)25(36)32-17-27(15-29,16-30)13-23(35)34-24(21(31-2)14-38-3)26(37)33-19-8-6-5-7-9-19/h5-12,31H,4,13-17H2,1-3H3,(H,32,36)(H,33,37)(H,34,35)/b24-21+.